The van der Waals surface area contributed by atoms with Crippen molar-refractivity contribution in [2.75, 3.05) is 20.3 Å². The van der Waals surface area contributed by atoms with Gasteiger partial charge in [-0.3, -0.25) is 4.79 Å². The Balaban J connectivity index is 1.38. The van der Waals surface area contributed by atoms with E-state index in [9.17, 15) is 4.79 Å². The number of methoxy groups -OCH3 is 1. The molecule has 0 radical (unpaired) electrons. The van der Waals surface area contributed by atoms with E-state index in [1.165, 1.54) is 0 Å². The molecule has 0 aliphatic rings. The maximum atomic E-state index is 11.4. The highest BCUT2D eigenvalue weighted by atomic mass is 32.1. The number of benzene rings is 2. The Bertz CT molecular complexity index is 1350. The summed E-state index contributed by atoms with van der Waals surface area (Å²) in [4.78, 5) is 16.2. The molecule has 7 nitrogen and oxygen atoms in total. The van der Waals surface area contributed by atoms with Crippen LogP contribution in [0.2, 0.25) is 0 Å². The first-order chi connectivity index (χ1) is 17.8. The number of nitrogens with zero attached hydrogens (tertiary/aromatic N) is 1. The Labute approximate surface area is 221 Å². The Hall–Kier alpha value is -3.52. The van der Waals surface area contributed by atoms with E-state index in [1.54, 1.807) is 25.4 Å². The molecular weight excluding hydrogens is 490 g/mol. The number of ether oxygens (including phenoxy) is 4. The number of thiazole rings is 1. The summed E-state index contributed by atoms with van der Waals surface area (Å²) in [6, 6.07) is 13.4. The van der Waals surface area contributed by atoms with Crippen LogP contribution in [0.3, 0.4) is 0 Å². The van der Waals surface area contributed by atoms with Gasteiger partial charge in [0.1, 0.15) is 29.4 Å². The SMILES string of the molecule is CCOC(=O)CCCOc1ccc(COc2ccc3oc(-c4nc(C(C)(C)C)cs4)cc3c2)c(OC)c1. The molecule has 0 unspecified atom stereocenters. The van der Waals surface area contributed by atoms with Crippen LogP contribution in [-0.4, -0.2) is 31.3 Å². The largest absolute Gasteiger partial charge is 0.496 e. The third-order valence-electron chi connectivity index (χ3n) is 5.72. The topological polar surface area (TPSA) is 80.0 Å². The van der Waals surface area contributed by atoms with Crippen LogP contribution in [0.15, 0.2) is 52.3 Å². The first kappa shape index (κ1) is 26.5. The second-order valence-electron chi connectivity index (χ2n) is 9.62. The zero-order valence-corrected chi connectivity index (χ0v) is 22.8. The molecule has 0 amide bonds. The molecule has 4 rings (SSSR count). The number of hydrogen-bond donors (Lipinski definition) is 0. The van der Waals surface area contributed by atoms with Crippen LogP contribution < -0.4 is 14.2 Å². The van der Waals surface area contributed by atoms with E-state index in [0.717, 1.165) is 38.7 Å². The maximum Gasteiger partial charge on any atom is 0.305 e. The second kappa shape index (κ2) is 11.7. The Morgan fingerprint density at radius 2 is 1.84 bits per heavy atom. The molecule has 0 N–H and O–H groups in total. The summed E-state index contributed by atoms with van der Waals surface area (Å²) in [6.45, 7) is 9.40. The molecule has 0 spiro atoms. The van der Waals surface area contributed by atoms with E-state index in [4.69, 9.17) is 28.3 Å². The average molecular weight is 524 g/mol. The summed E-state index contributed by atoms with van der Waals surface area (Å²) in [6.07, 6.45) is 0.922. The lowest BCUT2D eigenvalue weighted by Gasteiger charge is -2.13. The lowest BCUT2D eigenvalue weighted by atomic mass is 9.93. The number of fused-ring (bicyclic) bond motifs is 1. The van der Waals surface area contributed by atoms with E-state index in [-0.39, 0.29) is 11.4 Å². The summed E-state index contributed by atoms with van der Waals surface area (Å²) in [5.74, 6) is 2.63. The zero-order chi connectivity index (χ0) is 26.4. The minimum atomic E-state index is -0.209. The van der Waals surface area contributed by atoms with Gasteiger partial charge in [0.25, 0.3) is 0 Å². The van der Waals surface area contributed by atoms with Gasteiger partial charge in [-0.25, -0.2) is 4.98 Å². The zero-order valence-electron chi connectivity index (χ0n) is 22.0. The van der Waals surface area contributed by atoms with Gasteiger partial charge in [-0.15, -0.1) is 11.3 Å². The van der Waals surface area contributed by atoms with E-state index in [2.05, 4.69) is 26.2 Å². The number of esters is 1. The Morgan fingerprint density at radius 3 is 2.57 bits per heavy atom. The van der Waals surface area contributed by atoms with Gasteiger partial charge in [0.2, 0.25) is 0 Å². The van der Waals surface area contributed by atoms with E-state index in [0.29, 0.717) is 44.2 Å². The highest BCUT2D eigenvalue weighted by molar-refractivity contribution is 7.13. The Kier molecular flexibility index (Phi) is 8.38. The van der Waals surface area contributed by atoms with Crippen molar-refractivity contribution in [3.63, 3.8) is 0 Å². The smallest absolute Gasteiger partial charge is 0.305 e. The van der Waals surface area contributed by atoms with E-state index >= 15 is 0 Å². The van der Waals surface area contributed by atoms with Crippen molar-refractivity contribution < 1.29 is 28.2 Å². The van der Waals surface area contributed by atoms with Crippen LogP contribution in [0.4, 0.5) is 0 Å². The minimum Gasteiger partial charge on any atom is -0.496 e. The van der Waals surface area contributed by atoms with Crippen LogP contribution in [0.1, 0.15) is 51.8 Å². The molecule has 4 aromatic rings. The molecule has 0 aliphatic heterocycles. The molecule has 0 saturated carbocycles. The highest BCUT2D eigenvalue weighted by Gasteiger charge is 2.19. The monoisotopic (exact) mass is 523 g/mol. The summed E-state index contributed by atoms with van der Waals surface area (Å²) in [5, 5.41) is 3.92. The van der Waals surface area contributed by atoms with Gasteiger partial charge in [-0.1, -0.05) is 20.8 Å². The fraction of sp³-hybridized carbons (Fsp3) is 0.379. The van der Waals surface area contributed by atoms with E-state index < -0.39 is 0 Å². The number of hydrogen-bond acceptors (Lipinski definition) is 8. The van der Waals surface area contributed by atoms with Crippen LogP contribution in [0, 0.1) is 0 Å². The average Bonchev–Trinajstić information content (AvgIpc) is 3.53. The summed E-state index contributed by atoms with van der Waals surface area (Å²) in [7, 11) is 1.62. The van der Waals surface area contributed by atoms with Gasteiger partial charge < -0.3 is 23.4 Å². The third-order valence-corrected chi connectivity index (χ3v) is 6.58. The van der Waals surface area contributed by atoms with Crippen molar-refractivity contribution in [1.82, 2.24) is 4.98 Å². The van der Waals surface area contributed by atoms with Gasteiger partial charge in [-0.2, -0.15) is 0 Å². The standard InChI is InChI=1S/C29H33NO6S/c1-6-33-27(31)8-7-13-34-22-10-9-19(24(16-22)32-5)17-35-21-11-12-23-20(14-21)15-25(36-23)28-30-26(18-37-28)29(2,3)4/h9-12,14-16,18H,6-8,13,17H2,1-5H3. The van der Waals surface area contributed by atoms with Crippen molar-refractivity contribution >= 4 is 28.3 Å². The maximum absolute atomic E-state index is 11.4. The van der Waals surface area contributed by atoms with Gasteiger partial charge in [0.05, 0.1) is 26.0 Å². The molecule has 2 aromatic carbocycles. The van der Waals surface area contributed by atoms with Crippen LogP contribution in [0.5, 0.6) is 17.2 Å². The molecule has 0 fully saturated rings. The predicted molar refractivity (Wildman–Crippen MR) is 145 cm³/mol. The van der Waals surface area contributed by atoms with Crippen molar-refractivity contribution in [2.24, 2.45) is 0 Å². The summed E-state index contributed by atoms with van der Waals surface area (Å²) < 4.78 is 28.3. The number of aromatic nitrogens is 1. The number of carbonyl (C=O) groups is 1. The Morgan fingerprint density at radius 1 is 1.05 bits per heavy atom. The summed E-state index contributed by atoms with van der Waals surface area (Å²) in [5.41, 5.74) is 2.74. The van der Waals surface area contributed by atoms with Crippen molar-refractivity contribution in [3.8, 4) is 28.0 Å². The lowest BCUT2D eigenvalue weighted by Crippen LogP contribution is -2.11. The molecule has 37 heavy (non-hydrogen) atoms. The number of carbonyl (C=O) groups excluding carboxylic acids is 1. The van der Waals surface area contributed by atoms with Crippen LogP contribution >= 0.6 is 11.3 Å². The molecular formula is C29H33NO6S. The molecule has 2 heterocycles. The van der Waals surface area contributed by atoms with Gasteiger partial charge >= 0.3 is 5.97 Å². The van der Waals surface area contributed by atoms with E-state index in [1.807, 2.05) is 42.5 Å². The molecule has 0 bridgehead atoms. The van der Waals surface area contributed by atoms with Gasteiger partial charge in [0.15, 0.2) is 10.8 Å². The van der Waals surface area contributed by atoms with Crippen molar-refractivity contribution in [2.45, 2.75) is 52.6 Å². The van der Waals surface area contributed by atoms with Gasteiger partial charge in [-0.05, 0) is 49.7 Å². The molecule has 0 saturated heterocycles. The predicted octanol–water partition coefficient (Wildman–Crippen LogP) is 7.16. The fourth-order valence-electron chi connectivity index (χ4n) is 3.68. The minimum absolute atomic E-state index is 0.00271. The second-order valence-corrected chi connectivity index (χ2v) is 10.5. The molecule has 8 heteroatoms. The lowest BCUT2D eigenvalue weighted by molar-refractivity contribution is -0.143. The van der Waals surface area contributed by atoms with Gasteiger partial charge in [0, 0.05) is 34.2 Å². The van der Waals surface area contributed by atoms with Crippen LogP contribution in [0.25, 0.3) is 21.7 Å². The molecule has 2 aromatic heterocycles. The number of rotatable bonds is 11. The normalized spacial score (nSPS) is 11.5. The fourth-order valence-corrected chi connectivity index (χ4v) is 4.68. The molecule has 196 valence electrons. The molecule has 0 aliphatic carbocycles. The van der Waals surface area contributed by atoms with Crippen LogP contribution in [-0.2, 0) is 21.6 Å². The third kappa shape index (κ3) is 6.83. The van der Waals surface area contributed by atoms with Crippen molar-refractivity contribution in [3.05, 3.63) is 59.1 Å². The first-order valence-electron chi connectivity index (χ1n) is 12.3. The van der Waals surface area contributed by atoms with Crippen molar-refractivity contribution in [1.29, 1.82) is 0 Å². The quantitative estimate of drug-likeness (QED) is 0.152. The first-order valence-corrected chi connectivity index (χ1v) is 13.2. The number of furan rings is 1. The highest BCUT2D eigenvalue weighted by Crippen LogP contribution is 2.34. The summed E-state index contributed by atoms with van der Waals surface area (Å²) >= 11 is 1.59. The molecule has 0 atom stereocenters.